The smallest absolute Gasteiger partial charge is 0.194 e. The number of nitrogens with zero attached hydrogens (tertiary/aromatic N) is 2. The van der Waals surface area contributed by atoms with Crippen molar-refractivity contribution in [3.63, 3.8) is 0 Å². The molecular formula is C21H23N2O3S-. The molecule has 0 N–H and O–H groups in total. The van der Waals surface area contributed by atoms with Crippen molar-refractivity contribution in [3.8, 4) is 0 Å². The summed E-state index contributed by atoms with van der Waals surface area (Å²) < 4.78 is 0. The fourth-order valence-electron chi connectivity index (χ4n) is 5.56. The molecule has 1 fully saturated rings. The van der Waals surface area contributed by atoms with Crippen LogP contribution in [0.15, 0.2) is 39.0 Å². The van der Waals surface area contributed by atoms with Gasteiger partial charge in [0.25, 0.3) is 0 Å². The Balaban J connectivity index is 1.58. The van der Waals surface area contributed by atoms with Crippen molar-refractivity contribution in [2.45, 2.75) is 63.5 Å². The number of allylic oxidation sites excluding steroid dienone is 5. The lowest BCUT2D eigenvalue weighted by Gasteiger charge is -2.52. The van der Waals surface area contributed by atoms with Gasteiger partial charge in [-0.1, -0.05) is 12.0 Å². The number of carbonyl (C=O) groups is 2. The summed E-state index contributed by atoms with van der Waals surface area (Å²) in [5, 5.41) is 10.8. The highest BCUT2D eigenvalue weighted by atomic mass is 32.2. The van der Waals surface area contributed by atoms with Crippen LogP contribution in [0.25, 0.3) is 0 Å². The number of carbonyl (C=O) groups excluding carboxylic acids is 2. The van der Waals surface area contributed by atoms with E-state index in [2.05, 4.69) is 4.90 Å². The normalized spacial score (nSPS) is 32.0. The number of ketones is 1. The lowest BCUT2D eigenvalue weighted by Crippen LogP contribution is -2.53. The van der Waals surface area contributed by atoms with Crippen LogP contribution in [0.3, 0.4) is 0 Å². The standard InChI is InChI=1S/C21H24N2O3S/c24-18-11-17-15(10-19(18)27-12-20(25)26)22-21-8-4-3-6-14(21)9-13-5-1-2-7-16(13)23(17)21/h10-11,14H,1-9,12H2,(H,25,26)/p-1/t14-,21+/m0/s1. The van der Waals surface area contributed by atoms with E-state index in [1.165, 1.54) is 44.2 Å². The molecule has 2 aliphatic heterocycles. The predicted molar refractivity (Wildman–Crippen MR) is 103 cm³/mol. The minimum Gasteiger partial charge on any atom is -0.549 e. The van der Waals surface area contributed by atoms with Crippen LogP contribution < -0.4 is 5.11 Å². The SMILES string of the molecule is O=C([O-])CSC1=CC2=N[C@@]34CCCC[C@H]3CC3=C(CCCC3)N4C2=CC1=O. The number of aliphatic carboxylic acids is 1. The molecule has 0 aromatic rings. The summed E-state index contributed by atoms with van der Waals surface area (Å²) in [7, 11) is 0. The van der Waals surface area contributed by atoms with Crippen molar-refractivity contribution in [1.29, 1.82) is 0 Å². The van der Waals surface area contributed by atoms with Gasteiger partial charge in [0.2, 0.25) is 0 Å². The van der Waals surface area contributed by atoms with Gasteiger partial charge in [-0.05, 0) is 57.4 Å². The van der Waals surface area contributed by atoms with Gasteiger partial charge in [-0.25, -0.2) is 0 Å². The Bertz CT molecular complexity index is 853. The topological polar surface area (TPSA) is 72.8 Å². The zero-order chi connectivity index (χ0) is 18.6. The molecule has 5 aliphatic rings. The first-order valence-corrected chi connectivity index (χ1v) is 11.0. The van der Waals surface area contributed by atoms with Crippen LogP contribution in [0.2, 0.25) is 0 Å². The molecule has 0 bridgehead atoms. The lowest BCUT2D eigenvalue weighted by molar-refractivity contribution is -0.301. The Morgan fingerprint density at radius 1 is 1.26 bits per heavy atom. The number of hydrogen-bond donors (Lipinski definition) is 0. The van der Waals surface area contributed by atoms with Gasteiger partial charge in [0, 0.05) is 23.4 Å². The van der Waals surface area contributed by atoms with Crippen molar-refractivity contribution in [3.05, 3.63) is 34.0 Å². The van der Waals surface area contributed by atoms with E-state index in [0.29, 0.717) is 10.8 Å². The lowest BCUT2D eigenvalue weighted by atomic mass is 9.70. The third-order valence-electron chi connectivity index (χ3n) is 6.64. The largest absolute Gasteiger partial charge is 0.549 e. The van der Waals surface area contributed by atoms with Gasteiger partial charge in [-0.15, -0.1) is 11.8 Å². The van der Waals surface area contributed by atoms with Crippen LogP contribution >= 0.6 is 11.8 Å². The van der Waals surface area contributed by atoms with Crippen LogP contribution in [0, 0.1) is 5.92 Å². The molecule has 0 radical (unpaired) electrons. The van der Waals surface area contributed by atoms with E-state index in [1.54, 1.807) is 11.6 Å². The van der Waals surface area contributed by atoms with Gasteiger partial charge in [-0.2, -0.15) is 0 Å². The first-order valence-electron chi connectivity index (χ1n) is 10.0. The molecule has 0 saturated heterocycles. The summed E-state index contributed by atoms with van der Waals surface area (Å²) in [6.45, 7) is 0. The second kappa shape index (κ2) is 6.36. The summed E-state index contributed by atoms with van der Waals surface area (Å²) in [4.78, 5) is 31.6. The number of carboxylic acids is 1. The van der Waals surface area contributed by atoms with E-state index >= 15 is 0 Å². The summed E-state index contributed by atoms with van der Waals surface area (Å²) >= 11 is 1.04. The molecule has 0 amide bonds. The summed E-state index contributed by atoms with van der Waals surface area (Å²) in [5.41, 5.74) is 4.58. The van der Waals surface area contributed by atoms with E-state index in [4.69, 9.17) is 4.99 Å². The van der Waals surface area contributed by atoms with Crippen LogP contribution in [0.5, 0.6) is 0 Å². The number of fused-ring (bicyclic) bond motifs is 3. The highest BCUT2D eigenvalue weighted by Crippen LogP contribution is 2.56. The average molecular weight is 383 g/mol. The summed E-state index contributed by atoms with van der Waals surface area (Å²) in [6, 6.07) is 0. The Hall–Kier alpha value is -1.82. The van der Waals surface area contributed by atoms with Gasteiger partial charge in [-0.3, -0.25) is 9.79 Å². The molecule has 142 valence electrons. The summed E-state index contributed by atoms with van der Waals surface area (Å²) in [5.74, 6) is -0.953. The Morgan fingerprint density at radius 3 is 2.96 bits per heavy atom. The van der Waals surface area contributed by atoms with E-state index in [0.717, 1.165) is 42.4 Å². The number of aliphatic imine (C=N–C) groups is 1. The minimum absolute atomic E-state index is 0.108. The molecule has 27 heavy (non-hydrogen) atoms. The van der Waals surface area contributed by atoms with Gasteiger partial charge in [0.1, 0.15) is 5.66 Å². The van der Waals surface area contributed by atoms with Crippen LogP contribution in [0.1, 0.15) is 57.8 Å². The zero-order valence-corrected chi connectivity index (χ0v) is 16.1. The summed E-state index contributed by atoms with van der Waals surface area (Å²) in [6.07, 6.45) is 14.1. The zero-order valence-electron chi connectivity index (χ0n) is 15.3. The van der Waals surface area contributed by atoms with Crippen LogP contribution in [-0.4, -0.2) is 33.8 Å². The van der Waals surface area contributed by atoms with Crippen molar-refractivity contribution in [2.24, 2.45) is 10.9 Å². The third kappa shape index (κ3) is 2.64. The predicted octanol–water partition coefficient (Wildman–Crippen LogP) is 2.69. The van der Waals surface area contributed by atoms with Gasteiger partial charge < -0.3 is 14.8 Å². The highest BCUT2D eigenvalue weighted by molar-refractivity contribution is 8.04. The number of hydrogen-bond acceptors (Lipinski definition) is 6. The van der Waals surface area contributed by atoms with Crippen molar-refractivity contribution < 1.29 is 14.7 Å². The minimum atomic E-state index is -1.16. The van der Waals surface area contributed by atoms with Gasteiger partial charge in [0.05, 0.1) is 22.3 Å². The first-order chi connectivity index (χ1) is 13.1. The van der Waals surface area contributed by atoms with E-state index < -0.39 is 5.97 Å². The number of thioether (sulfide) groups is 1. The second-order valence-electron chi connectivity index (χ2n) is 8.18. The number of rotatable bonds is 3. The Morgan fingerprint density at radius 2 is 2.11 bits per heavy atom. The first kappa shape index (κ1) is 17.3. The Labute approximate surface area is 163 Å². The molecule has 2 heterocycles. The van der Waals surface area contributed by atoms with E-state index in [9.17, 15) is 14.7 Å². The molecule has 1 spiro atoms. The molecular weight excluding hydrogens is 360 g/mol. The van der Waals surface area contributed by atoms with Gasteiger partial charge in [0.15, 0.2) is 5.78 Å². The Kier molecular flexibility index (Phi) is 4.08. The molecule has 6 heteroatoms. The maximum Gasteiger partial charge on any atom is 0.194 e. The average Bonchev–Trinajstić information content (AvgIpc) is 2.97. The molecule has 0 aromatic carbocycles. The van der Waals surface area contributed by atoms with Crippen LogP contribution in [0.4, 0.5) is 0 Å². The van der Waals surface area contributed by atoms with Crippen LogP contribution in [-0.2, 0) is 9.59 Å². The van der Waals surface area contributed by atoms with Gasteiger partial charge >= 0.3 is 0 Å². The quantitative estimate of drug-likeness (QED) is 0.701. The molecule has 2 atom stereocenters. The fraction of sp³-hybridized carbons (Fsp3) is 0.571. The molecule has 5 nitrogen and oxygen atoms in total. The third-order valence-corrected chi connectivity index (χ3v) is 7.65. The van der Waals surface area contributed by atoms with E-state index in [-0.39, 0.29) is 17.2 Å². The van der Waals surface area contributed by atoms with Crippen molar-refractivity contribution >= 4 is 29.2 Å². The molecule has 5 rings (SSSR count). The molecule has 0 unspecified atom stereocenters. The monoisotopic (exact) mass is 383 g/mol. The van der Waals surface area contributed by atoms with E-state index in [1.807, 2.05) is 6.08 Å². The molecule has 3 aliphatic carbocycles. The van der Waals surface area contributed by atoms with Crippen molar-refractivity contribution in [1.82, 2.24) is 4.90 Å². The van der Waals surface area contributed by atoms with Crippen molar-refractivity contribution in [2.75, 3.05) is 5.75 Å². The molecule has 0 aromatic heterocycles. The maximum absolute atomic E-state index is 12.7. The fourth-order valence-corrected chi connectivity index (χ4v) is 6.23. The number of carboxylic acid groups (broad SMARTS) is 1. The maximum atomic E-state index is 12.7. The molecule has 1 saturated carbocycles. The second-order valence-corrected chi connectivity index (χ2v) is 9.20. The highest BCUT2D eigenvalue weighted by Gasteiger charge is 2.55.